The van der Waals surface area contributed by atoms with Crippen LogP contribution in [0.25, 0.3) is 0 Å². The van der Waals surface area contributed by atoms with Gasteiger partial charge in [0, 0.05) is 24.3 Å². The number of hydrogen-bond donors (Lipinski definition) is 2. The zero-order valence-electron chi connectivity index (χ0n) is 11.7. The van der Waals surface area contributed by atoms with Gasteiger partial charge < -0.3 is 10.2 Å². The zero-order chi connectivity index (χ0) is 14.4. The van der Waals surface area contributed by atoms with Crippen molar-refractivity contribution in [3.63, 3.8) is 0 Å². The molecule has 7 nitrogen and oxygen atoms in total. The normalized spacial score (nSPS) is 23.1. The number of nitrogens with one attached hydrogen (secondary N) is 2. The van der Waals surface area contributed by atoms with Crippen LogP contribution in [0.3, 0.4) is 0 Å². The minimum absolute atomic E-state index is 0.194. The van der Waals surface area contributed by atoms with Gasteiger partial charge in [0.1, 0.15) is 17.7 Å². The lowest BCUT2D eigenvalue weighted by atomic mass is 9.87. The van der Waals surface area contributed by atoms with Gasteiger partial charge in [0.15, 0.2) is 0 Å². The molecule has 3 amide bonds. The molecule has 7 heteroatoms. The molecule has 0 bridgehead atoms. The molecule has 1 aromatic heterocycles. The molecule has 2 fully saturated rings. The van der Waals surface area contributed by atoms with E-state index >= 15 is 0 Å². The number of nitrogens with zero attached hydrogens (tertiary/aromatic N) is 3. The molecule has 0 saturated carbocycles. The predicted molar refractivity (Wildman–Crippen MR) is 74.9 cm³/mol. The quantitative estimate of drug-likeness (QED) is 0.718. The third-order valence-electron chi connectivity index (χ3n) is 4.78. The summed E-state index contributed by atoms with van der Waals surface area (Å²) in [4.78, 5) is 34.3. The lowest BCUT2D eigenvalue weighted by Gasteiger charge is -2.38. The Morgan fingerprint density at radius 3 is 2.67 bits per heavy atom. The number of amides is 3. The molecule has 1 spiro atoms. The van der Waals surface area contributed by atoms with Crippen LogP contribution in [0.4, 0.5) is 10.6 Å². The second-order valence-electron chi connectivity index (χ2n) is 5.95. The summed E-state index contributed by atoms with van der Waals surface area (Å²) in [5.74, 6) is 0.817. The second kappa shape index (κ2) is 4.41. The smallest absolute Gasteiger partial charge is 0.322 e. The predicted octanol–water partition coefficient (Wildman–Crippen LogP) is 0.144. The number of fused-ring (bicyclic) bond motifs is 1. The van der Waals surface area contributed by atoms with Crippen LogP contribution >= 0.6 is 0 Å². The van der Waals surface area contributed by atoms with Crippen molar-refractivity contribution in [3.8, 4) is 0 Å². The first-order valence-electron chi connectivity index (χ1n) is 7.39. The zero-order valence-corrected chi connectivity index (χ0v) is 11.7. The van der Waals surface area contributed by atoms with Crippen molar-refractivity contribution in [1.82, 2.24) is 20.6 Å². The van der Waals surface area contributed by atoms with Crippen molar-refractivity contribution in [3.05, 3.63) is 17.6 Å². The Bertz CT molecular complexity index is 622. The Balaban J connectivity index is 1.55. The maximum Gasteiger partial charge on any atom is 0.322 e. The fourth-order valence-corrected chi connectivity index (χ4v) is 3.60. The molecule has 2 N–H and O–H groups in total. The highest BCUT2D eigenvalue weighted by molar-refractivity contribution is 6.07. The monoisotopic (exact) mass is 287 g/mol. The number of anilines is 1. The van der Waals surface area contributed by atoms with E-state index in [1.807, 2.05) is 0 Å². The summed E-state index contributed by atoms with van der Waals surface area (Å²) >= 11 is 0. The molecule has 2 saturated heterocycles. The molecule has 1 aromatic rings. The van der Waals surface area contributed by atoms with Crippen LogP contribution in [-0.2, 0) is 17.6 Å². The average molecular weight is 287 g/mol. The molecule has 0 radical (unpaired) electrons. The van der Waals surface area contributed by atoms with Gasteiger partial charge in [0.25, 0.3) is 5.91 Å². The Labute approximate surface area is 122 Å². The summed E-state index contributed by atoms with van der Waals surface area (Å²) in [6.45, 7) is 1.44. The summed E-state index contributed by atoms with van der Waals surface area (Å²) in [6.07, 6.45) is 6.06. The summed E-state index contributed by atoms with van der Waals surface area (Å²) in [5.41, 5.74) is 1.70. The molecule has 110 valence electrons. The molecule has 3 heterocycles. The first-order chi connectivity index (χ1) is 10.2. The number of aryl methyl sites for hydroxylation is 1. The molecule has 1 aliphatic carbocycles. The van der Waals surface area contributed by atoms with Gasteiger partial charge in [0.2, 0.25) is 0 Å². The van der Waals surface area contributed by atoms with Crippen molar-refractivity contribution in [1.29, 1.82) is 0 Å². The number of aromatic nitrogens is 2. The van der Waals surface area contributed by atoms with Crippen LogP contribution in [0.1, 0.15) is 30.5 Å². The van der Waals surface area contributed by atoms with Crippen LogP contribution in [0.15, 0.2) is 6.33 Å². The van der Waals surface area contributed by atoms with Crippen LogP contribution in [0.5, 0.6) is 0 Å². The summed E-state index contributed by atoms with van der Waals surface area (Å²) in [6, 6.07) is -0.378. The van der Waals surface area contributed by atoms with E-state index in [9.17, 15) is 9.59 Å². The van der Waals surface area contributed by atoms with E-state index < -0.39 is 5.54 Å². The van der Waals surface area contributed by atoms with Gasteiger partial charge in [-0.1, -0.05) is 0 Å². The summed E-state index contributed by atoms with van der Waals surface area (Å²) < 4.78 is 0. The van der Waals surface area contributed by atoms with Crippen LogP contribution < -0.4 is 15.5 Å². The van der Waals surface area contributed by atoms with Crippen LogP contribution in [0.2, 0.25) is 0 Å². The number of hydrogen-bond acceptors (Lipinski definition) is 5. The minimum Gasteiger partial charge on any atom is -0.356 e. The molecular formula is C14H17N5O2. The number of urea groups is 1. The topological polar surface area (TPSA) is 87.2 Å². The maximum absolute atomic E-state index is 12.0. The number of rotatable bonds is 1. The highest BCUT2D eigenvalue weighted by Crippen LogP contribution is 2.32. The molecule has 0 unspecified atom stereocenters. The van der Waals surface area contributed by atoms with Gasteiger partial charge in [-0.2, -0.15) is 0 Å². The van der Waals surface area contributed by atoms with E-state index in [1.54, 1.807) is 6.33 Å². The van der Waals surface area contributed by atoms with Gasteiger partial charge in [-0.05, 0) is 32.1 Å². The number of carbonyl (C=O) groups excluding carboxylic acids is 2. The van der Waals surface area contributed by atoms with Gasteiger partial charge in [-0.25, -0.2) is 14.8 Å². The van der Waals surface area contributed by atoms with Crippen LogP contribution in [0, 0.1) is 0 Å². The third-order valence-corrected chi connectivity index (χ3v) is 4.78. The molecule has 0 atom stereocenters. The Morgan fingerprint density at radius 2 is 1.95 bits per heavy atom. The van der Waals surface area contributed by atoms with E-state index in [4.69, 9.17) is 0 Å². The molecule has 4 rings (SSSR count). The van der Waals surface area contributed by atoms with Crippen molar-refractivity contribution in [2.45, 2.75) is 37.6 Å². The fourth-order valence-electron chi connectivity index (χ4n) is 3.60. The third kappa shape index (κ3) is 1.87. The molecule has 21 heavy (non-hydrogen) atoms. The van der Waals surface area contributed by atoms with E-state index in [2.05, 4.69) is 25.5 Å². The Hall–Kier alpha value is -2.18. The fraction of sp³-hybridized carbons (Fsp3) is 0.571. The molecular weight excluding hydrogens is 270 g/mol. The average Bonchev–Trinajstić information content (AvgIpc) is 3.05. The van der Waals surface area contributed by atoms with Gasteiger partial charge in [-0.3, -0.25) is 10.1 Å². The largest absolute Gasteiger partial charge is 0.356 e. The van der Waals surface area contributed by atoms with Crippen molar-refractivity contribution >= 4 is 17.8 Å². The first-order valence-corrected chi connectivity index (χ1v) is 7.39. The SMILES string of the molecule is O=C1NC(=O)C2(CCN(c3ncnc4c3CCC4)CC2)N1. The van der Waals surface area contributed by atoms with Gasteiger partial charge in [-0.15, -0.1) is 0 Å². The number of piperidine rings is 1. The Kier molecular flexibility index (Phi) is 2.63. The lowest BCUT2D eigenvalue weighted by molar-refractivity contribution is -0.124. The lowest BCUT2D eigenvalue weighted by Crippen LogP contribution is -2.55. The van der Waals surface area contributed by atoms with Crippen molar-refractivity contribution in [2.75, 3.05) is 18.0 Å². The highest BCUT2D eigenvalue weighted by Gasteiger charge is 2.48. The minimum atomic E-state index is -0.718. The number of imide groups is 1. The highest BCUT2D eigenvalue weighted by atomic mass is 16.2. The van der Waals surface area contributed by atoms with Gasteiger partial charge in [0.05, 0.1) is 0 Å². The van der Waals surface area contributed by atoms with Crippen molar-refractivity contribution in [2.24, 2.45) is 0 Å². The summed E-state index contributed by atoms with van der Waals surface area (Å²) in [5, 5.41) is 5.12. The molecule has 3 aliphatic rings. The van der Waals surface area contributed by atoms with E-state index in [0.29, 0.717) is 12.8 Å². The second-order valence-corrected chi connectivity index (χ2v) is 5.95. The summed E-state index contributed by atoms with van der Waals surface area (Å²) in [7, 11) is 0. The molecule has 2 aliphatic heterocycles. The van der Waals surface area contributed by atoms with E-state index in [-0.39, 0.29) is 11.9 Å². The van der Waals surface area contributed by atoms with E-state index in [1.165, 1.54) is 5.56 Å². The molecule has 0 aromatic carbocycles. The van der Waals surface area contributed by atoms with E-state index in [0.717, 1.165) is 43.9 Å². The Morgan fingerprint density at radius 1 is 1.14 bits per heavy atom. The maximum atomic E-state index is 12.0. The van der Waals surface area contributed by atoms with Crippen LogP contribution in [-0.4, -0.2) is 40.5 Å². The van der Waals surface area contributed by atoms with Crippen molar-refractivity contribution < 1.29 is 9.59 Å². The van der Waals surface area contributed by atoms with Gasteiger partial charge >= 0.3 is 6.03 Å². The first kappa shape index (κ1) is 12.6. The standard InChI is InChI=1S/C14H17N5O2/c20-12-14(18-13(21)17-12)4-6-19(7-5-14)11-9-2-1-3-10(9)15-8-16-11/h8H,1-7H2,(H2,17,18,20,21). The number of carbonyl (C=O) groups is 2.